The Hall–Kier alpha value is -1.56. The van der Waals surface area contributed by atoms with Gasteiger partial charge in [-0.3, -0.25) is 5.41 Å². The van der Waals surface area contributed by atoms with E-state index < -0.39 is 9.84 Å². The molecule has 4 aromatic rings. The molecule has 0 fully saturated rings. The van der Waals surface area contributed by atoms with Crippen LogP contribution in [-0.2, 0) is 16.4 Å². The van der Waals surface area contributed by atoms with E-state index in [0.717, 1.165) is 0 Å². The maximum atomic E-state index is 13.5. The van der Waals surface area contributed by atoms with Crippen LogP contribution in [-0.4, -0.2) is 30.1 Å². The van der Waals surface area contributed by atoms with Crippen molar-refractivity contribution in [1.29, 1.82) is 5.41 Å². The summed E-state index contributed by atoms with van der Waals surface area (Å²) in [5.74, 6) is -0.168. The number of nitrogens with two attached hydrogens (primary N) is 1. The molecular formula is C20H15BrCl2N4O2S3. The van der Waals surface area contributed by atoms with Crippen molar-refractivity contribution in [2.75, 3.05) is 6.26 Å². The van der Waals surface area contributed by atoms with E-state index in [-0.39, 0.29) is 15.6 Å². The van der Waals surface area contributed by atoms with Crippen molar-refractivity contribution >= 4 is 88.9 Å². The maximum absolute atomic E-state index is 13.5. The molecular weight excluding hydrogens is 575 g/mol. The van der Waals surface area contributed by atoms with Crippen LogP contribution in [0, 0.1) is 5.41 Å². The highest BCUT2D eigenvalue weighted by Crippen LogP contribution is 2.38. The fourth-order valence-corrected chi connectivity index (χ4v) is 8.30. The minimum Gasteiger partial charge on any atom is -0.383 e. The lowest BCUT2D eigenvalue weighted by Crippen LogP contribution is -2.09. The van der Waals surface area contributed by atoms with Crippen LogP contribution >= 0.6 is 62.2 Å². The van der Waals surface area contributed by atoms with Gasteiger partial charge in [0.05, 0.1) is 37.3 Å². The Labute approximate surface area is 211 Å². The van der Waals surface area contributed by atoms with Gasteiger partial charge in [0.1, 0.15) is 11.4 Å². The summed E-state index contributed by atoms with van der Waals surface area (Å²) in [6, 6.07) is 9.84. The molecule has 166 valence electrons. The number of imidazole rings is 1. The Bertz CT molecular complexity index is 1460. The normalized spacial score (nSPS) is 11.9. The van der Waals surface area contributed by atoms with Crippen LogP contribution in [0.3, 0.4) is 0 Å². The predicted molar refractivity (Wildman–Crippen MR) is 136 cm³/mol. The van der Waals surface area contributed by atoms with Gasteiger partial charge in [-0.15, -0.1) is 23.1 Å². The van der Waals surface area contributed by atoms with Gasteiger partial charge in [-0.1, -0.05) is 29.3 Å². The van der Waals surface area contributed by atoms with Crippen molar-refractivity contribution in [3.63, 3.8) is 0 Å². The minimum atomic E-state index is -3.88. The van der Waals surface area contributed by atoms with Gasteiger partial charge in [-0.25, -0.2) is 13.4 Å². The Balaban J connectivity index is 1.86. The lowest BCUT2D eigenvalue weighted by molar-refractivity contribution is 0.595. The van der Waals surface area contributed by atoms with Crippen molar-refractivity contribution in [1.82, 2.24) is 9.55 Å². The highest BCUT2D eigenvalue weighted by Gasteiger charge is 2.26. The lowest BCUT2D eigenvalue weighted by Gasteiger charge is -2.10. The first-order valence-corrected chi connectivity index (χ1v) is 14.1. The van der Waals surface area contributed by atoms with Crippen LogP contribution in [0.5, 0.6) is 0 Å². The fraction of sp³-hybridized carbons (Fsp3) is 0.100. The molecule has 0 aliphatic heterocycles. The summed E-state index contributed by atoms with van der Waals surface area (Å²) in [6.45, 7) is 0.327. The Morgan fingerprint density at radius 3 is 2.59 bits per heavy atom. The van der Waals surface area contributed by atoms with Gasteiger partial charge in [0.15, 0.2) is 0 Å². The van der Waals surface area contributed by atoms with Crippen molar-refractivity contribution in [2.24, 2.45) is 5.73 Å². The van der Waals surface area contributed by atoms with Gasteiger partial charge < -0.3 is 10.3 Å². The molecule has 6 nitrogen and oxygen atoms in total. The van der Waals surface area contributed by atoms with E-state index in [2.05, 4.69) is 20.9 Å². The van der Waals surface area contributed by atoms with Crippen LogP contribution in [0.15, 0.2) is 61.2 Å². The number of hydrogen-bond donors (Lipinski definition) is 2. The van der Waals surface area contributed by atoms with E-state index in [0.29, 0.717) is 46.7 Å². The number of hydrogen-bond acceptors (Lipinski definition) is 6. The maximum Gasteiger partial charge on any atom is 0.208 e. The van der Waals surface area contributed by atoms with Gasteiger partial charge >= 0.3 is 0 Å². The van der Waals surface area contributed by atoms with Gasteiger partial charge in [0, 0.05) is 20.1 Å². The number of thiophene rings is 1. The first-order valence-electron chi connectivity index (χ1n) is 8.98. The SMILES string of the molecule is CSc1sc(C(=N)N)cc1S(=O)(=O)c1cc(Br)c2ncn(Cc3c(Cl)cccc3Cl)c2c1. The molecule has 0 unspecified atom stereocenters. The zero-order valence-corrected chi connectivity index (χ0v) is 21.9. The molecule has 0 spiro atoms. The zero-order chi connectivity index (χ0) is 23.2. The second kappa shape index (κ2) is 9.00. The molecule has 0 saturated heterocycles. The van der Waals surface area contributed by atoms with Gasteiger partial charge in [-0.2, -0.15) is 0 Å². The summed E-state index contributed by atoms with van der Waals surface area (Å²) in [6.07, 6.45) is 3.41. The second-order valence-electron chi connectivity index (χ2n) is 6.73. The number of amidine groups is 1. The number of thioether (sulfide) groups is 1. The van der Waals surface area contributed by atoms with Crippen LogP contribution in [0.1, 0.15) is 10.4 Å². The summed E-state index contributed by atoms with van der Waals surface area (Å²) in [5, 5.41) is 8.69. The monoisotopic (exact) mass is 588 g/mol. The zero-order valence-electron chi connectivity index (χ0n) is 16.4. The molecule has 2 heterocycles. The third-order valence-corrected chi connectivity index (χ3v) is 10.4. The molecule has 2 aromatic heterocycles. The topological polar surface area (TPSA) is 102 Å². The standard InChI is InChI=1S/C20H15BrCl2N4O2S3/c1-30-20-17(7-16(31-20)19(24)25)32(28,29)10-5-12(21)18-15(6-10)27(9-26-18)8-11-13(22)3-2-4-14(11)23/h2-7,9H,8H2,1H3,(H3,24,25). The summed E-state index contributed by atoms with van der Waals surface area (Å²) < 4.78 is 30.0. The number of nitrogens with one attached hydrogen (secondary N) is 1. The van der Waals surface area contributed by atoms with Crippen LogP contribution in [0.4, 0.5) is 0 Å². The molecule has 0 radical (unpaired) electrons. The Morgan fingerprint density at radius 1 is 1.28 bits per heavy atom. The number of sulfone groups is 1. The molecule has 3 N–H and O–H groups in total. The van der Waals surface area contributed by atoms with Gasteiger partial charge in [0.25, 0.3) is 0 Å². The number of benzene rings is 2. The van der Waals surface area contributed by atoms with Crippen molar-refractivity contribution in [3.05, 3.63) is 67.7 Å². The van der Waals surface area contributed by atoms with E-state index in [1.807, 2.05) is 0 Å². The number of nitrogen functional groups attached to an aromatic ring is 1. The predicted octanol–water partition coefficient (Wildman–Crippen LogP) is 6.05. The van der Waals surface area contributed by atoms with Crippen LogP contribution < -0.4 is 5.73 Å². The number of aromatic nitrogens is 2. The molecule has 4 rings (SSSR count). The highest BCUT2D eigenvalue weighted by atomic mass is 79.9. The average Bonchev–Trinajstić information content (AvgIpc) is 3.36. The van der Waals surface area contributed by atoms with Crippen LogP contribution in [0.2, 0.25) is 10.0 Å². The van der Waals surface area contributed by atoms with E-state index in [4.69, 9.17) is 34.3 Å². The minimum absolute atomic E-state index is 0.104. The Kier molecular flexibility index (Phi) is 6.63. The molecule has 0 amide bonds. The molecule has 2 aromatic carbocycles. The molecule has 12 heteroatoms. The number of fused-ring (bicyclic) bond motifs is 1. The van der Waals surface area contributed by atoms with Gasteiger partial charge in [0.2, 0.25) is 9.84 Å². The molecule has 0 aliphatic rings. The highest BCUT2D eigenvalue weighted by molar-refractivity contribution is 9.10. The van der Waals surface area contributed by atoms with Gasteiger partial charge in [-0.05, 0) is 52.5 Å². The number of halogens is 3. The second-order valence-corrected chi connectivity index (χ2v) is 12.4. The third-order valence-electron chi connectivity index (χ3n) is 4.76. The van der Waals surface area contributed by atoms with E-state index in [9.17, 15) is 8.42 Å². The van der Waals surface area contributed by atoms with E-state index in [1.54, 1.807) is 41.4 Å². The molecule has 0 aliphatic carbocycles. The first-order chi connectivity index (χ1) is 15.1. The van der Waals surface area contributed by atoms with Crippen LogP contribution in [0.25, 0.3) is 11.0 Å². The largest absolute Gasteiger partial charge is 0.383 e. The van der Waals surface area contributed by atoms with Crippen molar-refractivity contribution < 1.29 is 8.42 Å². The van der Waals surface area contributed by atoms with E-state index in [1.165, 1.54) is 35.2 Å². The molecule has 32 heavy (non-hydrogen) atoms. The first kappa shape index (κ1) is 23.6. The number of nitrogens with zero attached hydrogens (tertiary/aromatic N) is 2. The van der Waals surface area contributed by atoms with Crippen molar-refractivity contribution in [3.8, 4) is 0 Å². The lowest BCUT2D eigenvalue weighted by atomic mass is 10.2. The fourth-order valence-electron chi connectivity index (χ4n) is 3.18. The van der Waals surface area contributed by atoms with Crippen molar-refractivity contribution in [2.45, 2.75) is 20.5 Å². The third kappa shape index (κ3) is 4.20. The Morgan fingerprint density at radius 2 is 1.97 bits per heavy atom. The molecule has 0 saturated carbocycles. The quantitative estimate of drug-likeness (QED) is 0.162. The summed E-state index contributed by atoms with van der Waals surface area (Å²) in [5.41, 5.74) is 7.53. The molecule has 0 bridgehead atoms. The average molecular weight is 590 g/mol. The summed E-state index contributed by atoms with van der Waals surface area (Å²) in [4.78, 5) is 5.06. The van der Waals surface area contributed by atoms with E-state index >= 15 is 0 Å². The smallest absolute Gasteiger partial charge is 0.208 e. The summed E-state index contributed by atoms with van der Waals surface area (Å²) in [7, 11) is -3.88. The summed E-state index contributed by atoms with van der Waals surface area (Å²) >= 11 is 18.6. The molecule has 0 atom stereocenters. The number of rotatable bonds is 6.